The van der Waals surface area contributed by atoms with E-state index in [0.29, 0.717) is 18.3 Å². The molecule has 1 saturated heterocycles. The van der Waals surface area contributed by atoms with Gasteiger partial charge in [0.25, 0.3) is 0 Å². The van der Waals surface area contributed by atoms with Crippen molar-refractivity contribution >= 4 is 41.7 Å². The molecule has 2 bridgehead atoms. The van der Waals surface area contributed by atoms with E-state index < -0.39 is 0 Å². The van der Waals surface area contributed by atoms with E-state index in [2.05, 4.69) is 5.32 Å². The van der Waals surface area contributed by atoms with E-state index in [9.17, 15) is 9.59 Å². The normalized spacial score (nSPS) is 29.3. The largest absolute Gasteiger partial charge is 0.341 e. The Bertz CT molecular complexity index is 676. The van der Waals surface area contributed by atoms with Crippen LogP contribution in [0, 0.1) is 17.8 Å². The van der Waals surface area contributed by atoms with E-state index in [1.54, 1.807) is 0 Å². The van der Waals surface area contributed by atoms with Crippen LogP contribution >= 0.6 is 24.2 Å². The molecule has 27 heavy (non-hydrogen) atoms. The number of carbonyl (C=O) groups excluding carboxylic acids is 2. The molecule has 5 nitrogen and oxygen atoms in total. The number of hydrogen-bond acceptors (Lipinski definition) is 4. The second-order valence-corrected chi connectivity index (χ2v) is 9.02. The highest BCUT2D eigenvalue weighted by atomic mass is 35.5. The predicted molar refractivity (Wildman–Crippen MR) is 112 cm³/mol. The molecule has 0 radical (unpaired) electrons. The van der Waals surface area contributed by atoms with Crippen molar-refractivity contribution in [1.82, 2.24) is 4.90 Å². The van der Waals surface area contributed by atoms with E-state index in [-0.39, 0.29) is 36.2 Å². The lowest BCUT2D eigenvalue weighted by atomic mass is 9.84. The maximum atomic E-state index is 12.6. The monoisotopic (exact) mass is 409 g/mol. The van der Waals surface area contributed by atoms with Gasteiger partial charge in [0.15, 0.2) is 0 Å². The molecule has 1 aromatic carbocycles. The molecule has 4 atom stereocenters. The van der Waals surface area contributed by atoms with Crippen LogP contribution in [0.5, 0.6) is 0 Å². The number of rotatable bonds is 4. The van der Waals surface area contributed by atoms with Crippen LogP contribution in [0.2, 0.25) is 0 Å². The Morgan fingerprint density at radius 2 is 1.78 bits per heavy atom. The van der Waals surface area contributed by atoms with Gasteiger partial charge in [-0.2, -0.15) is 11.8 Å². The molecule has 3 fully saturated rings. The maximum absolute atomic E-state index is 12.6. The second-order valence-electron chi connectivity index (χ2n) is 7.79. The third-order valence-electron chi connectivity index (χ3n) is 6.22. The molecule has 2 saturated carbocycles. The highest BCUT2D eigenvalue weighted by Gasteiger charge is 2.49. The van der Waals surface area contributed by atoms with E-state index in [0.717, 1.165) is 48.7 Å². The van der Waals surface area contributed by atoms with Crippen LogP contribution in [0.3, 0.4) is 0 Å². The lowest BCUT2D eigenvalue weighted by Gasteiger charge is -2.27. The molecular formula is C20H28ClN3O2S. The zero-order valence-corrected chi connectivity index (χ0v) is 17.1. The minimum Gasteiger partial charge on any atom is -0.341 e. The van der Waals surface area contributed by atoms with Crippen molar-refractivity contribution < 1.29 is 9.59 Å². The summed E-state index contributed by atoms with van der Waals surface area (Å²) < 4.78 is 0. The van der Waals surface area contributed by atoms with Crippen molar-refractivity contribution in [1.29, 1.82) is 0 Å². The van der Waals surface area contributed by atoms with Crippen LogP contribution < -0.4 is 11.1 Å². The van der Waals surface area contributed by atoms with Gasteiger partial charge in [0.05, 0.1) is 12.3 Å². The second kappa shape index (κ2) is 8.84. The number of hydrogen-bond donors (Lipinski definition) is 2. The quantitative estimate of drug-likeness (QED) is 0.801. The number of thioether (sulfide) groups is 1. The van der Waals surface area contributed by atoms with E-state index >= 15 is 0 Å². The number of nitrogens with one attached hydrogen (secondary N) is 1. The van der Waals surface area contributed by atoms with Crippen LogP contribution in [0.1, 0.15) is 24.8 Å². The number of halogens is 1. The Kier molecular flexibility index (Phi) is 6.71. The fraction of sp³-hybridized carbons (Fsp3) is 0.600. The summed E-state index contributed by atoms with van der Waals surface area (Å²) in [6.45, 7) is 1.70. The van der Waals surface area contributed by atoms with Gasteiger partial charge in [-0.15, -0.1) is 12.4 Å². The van der Waals surface area contributed by atoms with Crippen LogP contribution in [0.25, 0.3) is 0 Å². The zero-order chi connectivity index (χ0) is 18.1. The first-order valence-electron chi connectivity index (χ1n) is 9.63. The third-order valence-corrected chi connectivity index (χ3v) is 7.17. The molecular weight excluding hydrogens is 382 g/mol. The molecule has 1 aliphatic heterocycles. The first-order chi connectivity index (χ1) is 12.6. The van der Waals surface area contributed by atoms with E-state index in [1.807, 2.05) is 40.9 Å². The highest BCUT2D eigenvalue weighted by molar-refractivity contribution is 7.99. The Labute approximate surface area is 171 Å². The van der Waals surface area contributed by atoms with Crippen molar-refractivity contribution in [3.8, 4) is 0 Å². The van der Waals surface area contributed by atoms with Crippen molar-refractivity contribution in [2.75, 3.05) is 29.9 Å². The van der Waals surface area contributed by atoms with Gasteiger partial charge < -0.3 is 16.0 Å². The molecule has 4 unspecified atom stereocenters. The molecule has 1 aromatic rings. The first kappa shape index (κ1) is 20.5. The Hall–Kier alpha value is -1.24. The number of carbonyl (C=O) groups is 2. The van der Waals surface area contributed by atoms with E-state index in [1.165, 1.54) is 6.42 Å². The average Bonchev–Trinajstić information content (AvgIpc) is 3.25. The number of nitrogens with zero attached hydrogens (tertiary/aromatic N) is 1. The van der Waals surface area contributed by atoms with Gasteiger partial charge in [-0.3, -0.25) is 9.59 Å². The Morgan fingerprint density at radius 1 is 1.11 bits per heavy atom. The standard InChI is InChI=1S/C20H27N3O2S.ClH/c21-19-15-4-3-14(12-15)18(19)20(25)22-16-5-1-13(2-6-16)11-17(24)23-7-9-26-10-8-23;/h1-2,5-6,14-15,18-19H,3-4,7-12,21H2,(H,22,25);1H. The summed E-state index contributed by atoms with van der Waals surface area (Å²) in [6, 6.07) is 7.67. The number of nitrogens with two attached hydrogens (primary N) is 1. The van der Waals surface area contributed by atoms with Crippen LogP contribution in [0.4, 0.5) is 5.69 Å². The lowest BCUT2D eigenvalue weighted by molar-refractivity contribution is -0.130. The van der Waals surface area contributed by atoms with E-state index in [4.69, 9.17) is 5.73 Å². The van der Waals surface area contributed by atoms with Gasteiger partial charge in [0, 0.05) is 36.3 Å². The summed E-state index contributed by atoms with van der Waals surface area (Å²) in [6.07, 6.45) is 3.84. The lowest BCUT2D eigenvalue weighted by Crippen LogP contribution is -2.42. The van der Waals surface area contributed by atoms with Crippen LogP contribution in [0.15, 0.2) is 24.3 Å². The molecule has 148 valence electrons. The van der Waals surface area contributed by atoms with Gasteiger partial charge in [-0.05, 0) is 48.8 Å². The molecule has 7 heteroatoms. The first-order valence-corrected chi connectivity index (χ1v) is 10.8. The molecule has 3 N–H and O–H groups in total. The topological polar surface area (TPSA) is 75.4 Å². The molecule has 4 rings (SSSR count). The molecule has 0 aromatic heterocycles. The van der Waals surface area contributed by atoms with Crippen molar-refractivity contribution in [2.24, 2.45) is 23.5 Å². The molecule has 2 amide bonds. The predicted octanol–water partition coefficient (Wildman–Crippen LogP) is 2.54. The molecule has 1 heterocycles. The summed E-state index contributed by atoms with van der Waals surface area (Å²) in [5.74, 6) is 3.23. The fourth-order valence-corrected chi connectivity index (χ4v) is 5.66. The van der Waals surface area contributed by atoms with Gasteiger partial charge in [-0.25, -0.2) is 0 Å². The summed E-state index contributed by atoms with van der Waals surface area (Å²) in [5, 5.41) is 3.03. The minimum absolute atomic E-state index is 0. The molecule has 0 spiro atoms. The Morgan fingerprint density at radius 3 is 2.41 bits per heavy atom. The molecule has 3 aliphatic rings. The number of fused-ring (bicyclic) bond motifs is 2. The summed E-state index contributed by atoms with van der Waals surface area (Å²) >= 11 is 1.90. The fourth-order valence-electron chi connectivity index (χ4n) is 4.76. The highest BCUT2D eigenvalue weighted by Crippen LogP contribution is 2.47. The molecule has 2 aliphatic carbocycles. The van der Waals surface area contributed by atoms with Gasteiger partial charge in [0.2, 0.25) is 11.8 Å². The maximum Gasteiger partial charge on any atom is 0.229 e. The van der Waals surface area contributed by atoms with Gasteiger partial charge in [-0.1, -0.05) is 12.1 Å². The van der Waals surface area contributed by atoms with Gasteiger partial charge in [0.1, 0.15) is 0 Å². The Balaban J connectivity index is 0.00000210. The number of anilines is 1. The van der Waals surface area contributed by atoms with Crippen molar-refractivity contribution in [2.45, 2.75) is 31.7 Å². The SMILES string of the molecule is Cl.NC1C2CCC(C2)C1C(=O)Nc1ccc(CC(=O)N2CCSCC2)cc1. The zero-order valence-electron chi connectivity index (χ0n) is 15.4. The van der Waals surface area contributed by atoms with Crippen molar-refractivity contribution in [3.05, 3.63) is 29.8 Å². The minimum atomic E-state index is -0.0491. The van der Waals surface area contributed by atoms with Crippen LogP contribution in [-0.2, 0) is 16.0 Å². The number of amides is 2. The number of benzene rings is 1. The van der Waals surface area contributed by atoms with Crippen molar-refractivity contribution in [3.63, 3.8) is 0 Å². The van der Waals surface area contributed by atoms with Crippen LogP contribution in [-0.4, -0.2) is 47.4 Å². The summed E-state index contributed by atoms with van der Waals surface area (Å²) in [5.41, 5.74) is 8.04. The summed E-state index contributed by atoms with van der Waals surface area (Å²) in [4.78, 5) is 26.9. The van der Waals surface area contributed by atoms with Gasteiger partial charge >= 0.3 is 0 Å². The summed E-state index contributed by atoms with van der Waals surface area (Å²) in [7, 11) is 0. The third kappa shape index (κ3) is 4.44. The smallest absolute Gasteiger partial charge is 0.229 e. The average molecular weight is 410 g/mol.